The molecule has 2 aliphatic heterocycles. The van der Waals surface area contributed by atoms with Crippen LogP contribution >= 0.6 is 6.72 Å². The molecule has 0 saturated carbocycles. The molecule has 11 rings (SSSR count). The topological polar surface area (TPSA) is 233 Å². The number of aromatic nitrogens is 8. The lowest BCUT2D eigenvalue weighted by Crippen LogP contribution is -2.49. The Hall–Kier alpha value is -8.25. The minimum Gasteiger partial charge on any atom is -0.497 e. The minimum absolute atomic E-state index is 0.104. The summed E-state index contributed by atoms with van der Waals surface area (Å²) in [5.74, 6) is -0.0811. The second kappa shape index (κ2) is 27.3. The van der Waals surface area contributed by atoms with E-state index in [0.717, 1.165) is 16.7 Å². The van der Waals surface area contributed by atoms with Gasteiger partial charge in [-0.05, 0) is 95.2 Å². The maximum absolute atomic E-state index is 16.9. The molecule has 2 amide bonds. The number of halogens is 1. The van der Waals surface area contributed by atoms with E-state index in [4.69, 9.17) is 70.0 Å². The molecule has 0 aliphatic carbocycles. The van der Waals surface area contributed by atoms with Gasteiger partial charge in [-0.1, -0.05) is 119 Å². The summed E-state index contributed by atoms with van der Waals surface area (Å²) in [7, 11) is 0.302. The molecule has 9 aromatic rings. The first-order valence-corrected chi connectivity index (χ1v) is 34.9. The number of amides is 2. The average molecular weight is 1290 g/mol. The predicted octanol–water partition coefficient (Wildman–Crippen LogP) is 11.9. The molecule has 0 radical (unpaired) electrons. The van der Waals surface area contributed by atoms with Crippen molar-refractivity contribution in [1.29, 1.82) is 0 Å². The van der Waals surface area contributed by atoms with Crippen LogP contribution in [0, 0.1) is 12.5 Å². The molecule has 0 spiro atoms. The Labute approximate surface area is 532 Å². The number of fused-ring (bicyclic) bond motifs is 2. The highest BCUT2D eigenvalue weighted by molar-refractivity contribution is 8.07. The molecule has 0 bridgehead atoms. The summed E-state index contributed by atoms with van der Waals surface area (Å²) in [5, 5.41) is 5.31. The zero-order valence-electron chi connectivity index (χ0n) is 51.3. The standard InChI is InChI=1S/C65H69FN11O11PSSi/c1-41-49(85-62(51(41)66)76-39-72-52-56(68-37-70-58(52)76)74-60(78)42-19-13-10-14-20-42)36-84-89(90,83-34-33-67-5)87-54-50(35-82-65(44-23-17-12-18-24-44,45-25-29-47(80-6)30-26-45)46-27-31-48(81-7)32-28-46)86-63(55(54)88-91(8,9)64(2,3)4)77-40-73-53-57(69-38-71-59(53)77)75-61(79)43-21-15-11-16-22-43/h10-32,37-41,49-51,54-55,62-63H,33-36H2,1-4,6-9H3,(H,68,70,74,78)(H,69,71,75,79)/t41?,49-,50-,51+,54+,55?,62-,63-,89?/m1/s1. The van der Waals surface area contributed by atoms with Crippen molar-refractivity contribution >= 4 is 72.6 Å². The van der Waals surface area contributed by atoms with Crippen molar-refractivity contribution in [3.05, 3.63) is 204 Å². The van der Waals surface area contributed by atoms with E-state index in [1.54, 1.807) is 86.6 Å². The zero-order chi connectivity index (χ0) is 64.1. The smallest absolute Gasteiger partial charge is 0.327 e. The van der Waals surface area contributed by atoms with Gasteiger partial charge >= 0.3 is 6.72 Å². The third-order valence-corrected chi connectivity index (χ3v) is 23.6. The molecule has 5 aromatic carbocycles. The Kier molecular flexibility index (Phi) is 19.3. The summed E-state index contributed by atoms with van der Waals surface area (Å²) in [6.07, 6.45) is -2.76. The molecule has 4 aromatic heterocycles. The normalized spacial score (nSPS) is 20.9. The Morgan fingerprint density at radius 1 is 0.659 bits per heavy atom. The van der Waals surface area contributed by atoms with Crippen molar-refractivity contribution in [2.24, 2.45) is 5.92 Å². The number of carbonyl (C=O) groups is 2. The van der Waals surface area contributed by atoms with E-state index in [2.05, 4.69) is 69.3 Å². The summed E-state index contributed by atoms with van der Waals surface area (Å²) >= 11 is 6.46. The van der Waals surface area contributed by atoms with E-state index in [1.807, 2.05) is 84.9 Å². The van der Waals surface area contributed by atoms with Crippen LogP contribution in [0.3, 0.4) is 0 Å². The lowest BCUT2D eigenvalue weighted by atomic mass is 9.80. The molecular formula is C65H69FN11O11PSSi. The van der Waals surface area contributed by atoms with Gasteiger partial charge < -0.3 is 52.6 Å². The maximum atomic E-state index is 16.9. The lowest BCUT2D eigenvalue weighted by Gasteiger charge is -2.41. The van der Waals surface area contributed by atoms with Crippen LogP contribution < -0.4 is 20.1 Å². The molecule has 22 nitrogen and oxygen atoms in total. The number of hydrogen-bond donors (Lipinski definition) is 2. The number of nitrogens with zero attached hydrogens (tertiary/aromatic N) is 9. The number of ether oxygens (including phenoxy) is 5. The number of alkyl halides is 1. The van der Waals surface area contributed by atoms with E-state index in [9.17, 15) is 9.59 Å². The van der Waals surface area contributed by atoms with Gasteiger partial charge in [0.05, 0.1) is 46.2 Å². The Morgan fingerprint density at radius 3 is 1.64 bits per heavy atom. The third kappa shape index (κ3) is 13.4. The number of anilines is 2. The van der Waals surface area contributed by atoms with E-state index in [1.165, 1.54) is 23.5 Å². The fraction of sp³-hybridized carbons (Fsp3) is 0.338. The molecule has 3 unspecified atom stereocenters. The van der Waals surface area contributed by atoms with Crippen LogP contribution in [0.1, 0.15) is 77.6 Å². The zero-order valence-corrected chi connectivity index (χ0v) is 54.0. The average Bonchev–Trinajstić information content (AvgIpc) is 1.73. The summed E-state index contributed by atoms with van der Waals surface area (Å²) in [5.41, 5.74) is 2.70. The Balaban J connectivity index is 0.983. The van der Waals surface area contributed by atoms with Crippen molar-refractivity contribution in [1.82, 2.24) is 39.0 Å². The predicted molar refractivity (Wildman–Crippen MR) is 344 cm³/mol. The number of rotatable bonds is 24. The van der Waals surface area contributed by atoms with Crippen LogP contribution in [0.2, 0.25) is 18.1 Å². The van der Waals surface area contributed by atoms with Gasteiger partial charge in [0.25, 0.3) is 11.8 Å². The molecule has 6 heterocycles. The molecule has 91 heavy (non-hydrogen) atoms. The number of benzene rings is 5. The quantitative estimate of drug-likeness (QED) is 0.0188. The van der Waals surface area contributed by atoms with Gasteiger partial charge in [0, 0.05) is 17.0 Å². The first kappa shape index (κ1) is 64.3. The molecule has 2 fully saturated rings. The fourth-order valence-electron chi connectivity index (χ4n) is 10.8. The number of imidazole rings is 2. The van der Waals surface area contributed by atoms with Gasteiger partial charge in [-0.25, -0.2) is 40.9 Å². The van der Waals surface area contributed by atoms with Gasteiger partial charge in [-0.3, -0.25) is 23.2 Å². The highest BCUT2D eigenvalue weighted by Gasteiger charge is 2.55. The van der Waals surface area contributed by atoms with Gasteiger partial charge in [-0.2, -0.15) is 0 Å². The number of nitrogens with one attached hydrogen (secondary N) is 2. The van der Waals surface area contributed by atoms with Crippen LogP contribution in [-0.2, 0) is 49.6 Å². The number of methoxy groups -OCH3 is 2. The molecule has 2 N–H and O–H groups in total. The number of carbonyl (C=O) groups excluding carboxylic acids is 2. The van der Waals surface area contributed by atoms with Gasteiger partial charge in [0.15, 0.2) is 60.9 Å². The monoisotopic (exact) mass is 1290 g/mol. The first-order chi connectivity index (χ1) is 43.8. The van der Waals surface area contributed by atoms with Crippen molar-refractivity contribution in [3.63, 3.8) is 0 Å². The minimum atomic E-state index is -4.12. The molecule has 2 aliphatic rings. The van der Waals surface area contributed by atoms with Crippen LogP contribution in [0.5, 0.6) is 11.5 Å². The summed E-state index contributed by atoms with van der Waals surface area (Å²) < 4.78 is 80.9. The highest BCUT2D eigenvalue weighted by Crippen LogP contribution is 2.56. The lowest BCUT2D eigenvalue weighted by molar-refractivity contribution is -0.0936. The molecule has 2 saturated heterocycles. The maximum Gasteiger partial charge on any atom is 0.327 e. The van der Waals surface area contributed by atoms with Crippen LogP contribution in [0.25, 0.3) is 27.2 Å². The van der Waals surface area contributed by atoms with Gasteiger partial charge in [-0.15, -0.1) is 0 Å². The van der Waals surface area contributed by atoms with Crippen LogP contribution in [0.4, 0.5) is 16.0 Å². The highest BCUT2D eigenvalue weighted by atomic mass is 32.5. The van der Waals surface area contributed by atoms with Crippen LogP contribution in [-0.4, -0.2) is 130 Å². The number of hydrogen-bond acceptors (Lipinski definition) is 18. The van der Waals surface area contributed by atoms with Crippen molar-refractivity contribution < 1.29 is 55.7 Å². The summed E-state index contributed by atoms with van der Waals surface area (Å²) in [6, 6.07) is 42.4. The van der Waals surface area contributed by atoms with Crippen molar-refractivity contribution in [2.75, 3.05) is 51.2 Å². The molecule has 472 valence electrons. The van der Waals surface area contributed by atoms with Crippen molar-refractivity contribution in [2.45, 2.75) is 94.5 Å². The second-order valence-corrected chi connectivity index (χ2v) is 31.1. The van der Waals surface area contributed by atoms with Gasteiger partial charge in [0.1, 0.15) is 54.7 Å². The van der Waals surface area contributed by atoms with E-state index in [0.29, 0.717) is 28.3 Å². The van der Waals surface area contributed by atoms with Gasteiger partial charge in [0.2, 0.25) is 6.54 Å². The molecule has 9 atom stereocenters. The summed E-state index contributed by atoms with van der Waals surface area (Å²) in [4.78, 5) is 57.6. The Morgan fingerprint density at radius 2 is 1.14 bits per heavy atom. The molecule has 26 heteroatoms. The van der Waals surface area contributed by atoms with E-state index < -0.39 is 86.5 Å². The van der Waals surface area contributed by atoms with Crippen molar-refractivity contribution in [3.8, 4) is 11.5 Å². The largest absolute Gasteiger partial charge is 0.497 e. The third-order valence-electron chi connectivity index (χ3n) is 16.7. The van der Waals surface area contributed by atoms with Crippen LogP contribution in [0.15, 0.2) is 165 Å². The first-order valence-electron chi connectivity index (χ1n) is 29.4. The van der Waals surface area contributed by atoms with E-state index in [-0.39, 0.29) is 54.7 Å². The summed E-state index contributed by atoms with van der Waals surface area (Å²) in [6.45, 7) is 15.0. The molecular weight excluding hydrogens is 1220 g/mol. The Bertz CT molecular complexity index is 4040. The fourth-order valence-corrected chi connectivity index (χ4v) is 14.2. The SMILES string of the molecule is [C-]#[N+]CCOP(=S)(OC[C@H]1O[C@@H](n2cnc3c(NC(=O)c4ccccc4)ncnc32)[C@@H](F)C1C)O[C@@H]1C(O[Si](C)(C)C(C)(C)C)[C@H](n2cnc3c(NC(=O)c4ccccc4)ncnc32)O[C@@H]1COC(c1ccccc1)(c1ccc(OC)cc1)c1ccc(OC)cc1. The second-order valence-electron chi connectivity index (χ2n) is 23.4. The van der Waals surface area contributed by atoms with E-state index >= 15 is 4.39 Å².